The highest BCUT2D eigenvalue weighted by molar-refractivity contribution is 6.10. The van der Waals surface area contributed by atoms with E-state index in [-0.39, 0.29) is 12.2 Å². The number of carboxylic acid groups (broad SMARTS) is 1. The Balaban J connectivity index is 0.000000216. The number of nitrogens with zero attached hydrogens (tertiary/aromatic N) is 2. The van der Waals surface area contributed by atoms with Crippen LogP contribution in [-0.2, 0) is 17.1 Å². The number of carbonyl (C=O) groups is 4. The molecule has 2 amide bonds. The Labute approximate surface area is 383 Å². The molecular weight excluding hydrogens is 895 g/mol. The molecule has 0 unspecified atom stereocenters. The number of alkyl halides is 6. The van der Waals surface area contributed by atoms with E-state index in [0.29, 0.717) is 72.1 Å². The van der Waals surface area contributed by atoms with Crippen molar-refractivity contribution in [2.45, 2.75) is 19.3 Å². The summed E-state index contributed by atoms with van der Waals surface area (Å²) >= 11 is 0. The molecule has 0 spiro atoms. The highest BCUT2D eigenvalue weighted by atomic mass is 19.4. The van der Waals surface area contributed by atoms with E-state index >= 15 is 0 Å². The molecule has 2 heterocycles. The Morgan fingerprint density at radius 1 is 0.544 bits per heavy atom. The van der Waals surface area contributed by atoms with Gasteiger partial charge >= 0.3 is 24.3 Å². The topological polar surface area (TPSA) is 168 Å². The molecule has 2 aromatic heterocycles. The van der Waals surface area contributed by atoms with Gasteiger partial charge in [0, 0.05) is 52.8 Å². The zero-order chi connectivity index (χ0) is 49.2. The van der Waals surface area contributed by atoms with Gasteiger partial charge in [-0.05, 0) is 102 Å². The first kappa shape index (κ1) is 49.0. The zero-order valence-electron chi connectivity index (χ0n) is 35.8. The van der Waals surface area contributed by atoms with E-state index in [1.807, 2.05) is 0 Å². The highest BCUT2D eigenvalue weighted by Gasteiger charge is 2.31. The number of carbonyl (C=O) groups excluding carboxylic acids is 3. The van der Waals surface area contributed by atoms with Crippen molar-refractivity contribution < 1.29 is 60.5 Å². The van der Waals surface area contributed by atoms with Gasteiger partial charge < -0.3 is 25.6 Å². The Bertz CT molecular complexity index is 3120. The molecule has 8 rings (SSSR count). The lowest BCUT2D eigenvalue weighted by Gasteiger charge is -2.12. The molecule has 0 atom stereocenters. The summed E-state index contributed by atoms with van der Waals surface area (Å²) in [7, 11) is 1.00. The van der Waals surface area contributed by atoms with Crippen LogP contribution in [0.4, 0.5) is 37.7 Å². The van der Waals surface area contributed by atoms with E-state index in [1.54, 1.807) is 97.9 Å². The van der Waals surface area contributed by atoms with E-state index in [4.69, 9.17) is 14.9 Å². The smallest absolute Gasteiger partial charge is 0.416 e. The fourth-order valence-corrected chi connectivity index (χ4v) is 6.78. The molecule has 0 radical (unpaired) electrons. The van der Waals surface area contributed by atoms with Crippen LogP contribution in [0.15, 0.2) is 158 Å². The molecule has 0 saturated heterocycles. The molecule has 0 aliphatic heterocycles. The Morgan fingerprint density at radius 3 is 1.34 bits per heavy atom. The van der Waals surface area contributed by atoms with Gasteiger partial charge in [-0.15, -0.1) is 0 Å². The molecule has 11 nitrogen and oxygen atoms in total. The standard InChI is InChI=1S/C26H19F3N2O3.C24H15F3N2O3.CH4O/c1-2-34-25(33)18-13-17-9-12-20(14-23(17)30-15-18)31-24(32)22-6-4-3-5-21(22)16-7-10-19(11-8-16)26(27,28)29;25-24(26,27)17-8-5-14(6-9-17)19-3-1-2-4-20(19)22(30)29-18-10-7-15-11-16(23(31)32)13-28-21(15)12-18;1-2/h3-15H,2H2,1H3,(H,31,32);1-13H,(H,29,30)(H,31,32);2H,1H3. The zero-order valence-corrected chi connectivity index (χ0v) is 35.8. The van der Waals surface area contributed by atoms with Crippen molar-refractivity contribution in [1.82, 2.24) is 9.97 Å². The number of fused-ring (bicyclic) bond motifs is 2. The van der Waals surface area contributed by atoms with Crippen molar-refractivity contribution in [3.63, 3.8) is 0 Å². The van der Waals surface area contributed by atoms with Crippen LogP contribution in [0.5, 0.6) is 0 Å². The largest absolute Gasteiger partial charge is 0.478 e. The Morgan fingerprint density at radius 2 is 0.941 bits per heavy atom. The summed E-state index contributed by atoms with van der Waals surface area (Å²) < 4.78 is 82.2. The van der Waals surface area contributed by atoms with Gasteiger partial charge in [-0.2, -0.15) is 26.3 Å². The Kier molecular flexibility index (Phi) is 15.3. The van der Waals surface area contributed by atoms with Crippen LogP contribution in [0.25, 0.3) is 44.1 Å². The molecule has 4 N–H and O–H groups in total. The van der Waals surface area contributed by atoms with Crippen molar-refractivity contribution in [2.75, 3.05) is 24.4 Å². The number of amides is 2. The molecule has 0 saturated carbocycles. The number of hydrogen-bond acceptors (Lipinski definition) is 8. The minimum absolute atomic E-state index is 0.0553. The summed E-state index contributed by atoms with van der Waals surface area (Å²) in [5.41, 5.74) is 3.44. The fourth-order valence-electron chi connectivity index (χ4n) is 6.78. The van der Waals surface area contributed by atoms with E-state index in [2.05, 4.69) is 20.6 Å². The van der Waals surface area contributed by atoms with Crippen molar-refractivity contribution in [1.29, 1.82) is 0 Å². The number of halogens is 6. The number of anilines is 2. The summed E-state index contributed by atoms with van der Waals surface area (Å²) in [5, 5.41) is 22.9. The lowest BCUT2D eigenvalue weighted by molar-refractivity contribution is -0.138. The highest BCUT2D eigenvalue weighted by Crippen LogP contribution is 2.34. The van der Waals surface area contributed by atoms with Crippen LogP contribution in [0.1, 0.15) is 59.5 Å². The lowest BCUT2D eigenvalue weighted by atomic mass is 9.98. The molecule has 0 fully saturated rings. The van der Waals surface area contributed by atoms with Gasteiger partial charge in [-0.3, -0.25) is 19.6 Å². The van der Waals surface area contributed by atoms with Crippen LogP contribution >= 0.6 is 0 Å². The van der Waals surface area contributed by atoms with Gasteiger partial charge in [-0.1, -0.05) is 72.8 Å². The van der Waals surface area contributed by atoms with Crippen LogP contribution in [0.2, 0.25) is 0 Å². The van der Waals surface area contributed by atoms with Crippen molar-refractivity contribution in [2.24, 2.45) is 0 Å². The molecule has 346 valence electrons. The van der Waals surface area contributed by atoms with Crippen LogP contribution < -0.4 is 10.6 Å². The van der Waals surface area contributed by atoms with Gasteiger partial charge in [0.15, 0.2) is 0 Å². The number of aliphatic hydroxyl groups is 1. The van der Waals surface area contributed by atoms with Crippen molar-refractivity contribution in [3.05, 3.63) is 191 Å². The van der Waals surface area contributed by atoms with Crippen LogP contribution in [0.3, 0.4) is 0 Å². The fraction of sp³-hybridized carbons (Fsp3) is 0.0980. The van der Waals surface area contributed by atoms with Gasteiger partial charge in [-0.25, -0.2) is 9.59 Å². The maximum Gasteiger partial charge on any atom is 0.416 e. The van der Waals surface area contributed by atoms with E-state index in [1.165, 1.54) is 42.7 Å². The monoisotopic (exact) mass is 932 g/mol. The third-order valence-electron chi connectivity index (χ3n) is 10.0. The minimum atomic E-state index is -4.44. The molecule has 8 aromatic rings. The van der Waals surface area contributed by atoms with Crippen molar-refractivity contribution in [3.8, 4) is 22.3 Å². The summed E-state index contributed by atoms with van der Waals surface area (Å²) in [6.45, 7) is 1.98. The summed E-state index contributed by atoms with van der Waals surface area (Å²) in [4.78, 5) is 57.3. The first-order chi connectivity index (χ1) is 32.5. The van der Waals surface area contributed by atoms with Gasteiger partial charge in [0.2, 0.25) is 0 Å². The summed E-state index contributed by atoms with van der Waals surface area (Å²) in [6, 6.07) is 35.6. The van der Waals surface area contributed by atoms with Crippen molar-refractivity contribution >= 4 is 56.9 Å². The number of esters is 1. The Hall–Kier alpha value is -8.44. The maximum absolute atomic E-state index is 13.0. The van der Waals surface area contributed by atoms with E-state index < -0.39 is 47.2 Å². The van der Waals surface area contributed by atoms with E-state index in [0.717, 1.165) is 31.4 Å². The average molecular weight is 933 g/mol. The predicted octanol–water partition coefficient (Wildman–Crippen LogP) is 11.8. The number of carboxylic acids is 1. The number of hydrogen-bond donors (Lipinski definition) is 4. The predicted molar refractivity (Wildman–Crippen MR) is 244 cm³/mol. The minimum Gasteiger partial charge on any atom is -0.478 e. The number of pyridine rings is 2. The van der Waals surface area contributed by atoms with Gasteiger partial charge in [0.25, 0.3) is 11.8 Å². The third kappa shape index (κ3) is 11.9. The number of rotatable bonds is 9. The van der Waals surface area contributed by atoms with Gasteiger partial charge in [0.1, 0.15) is 0 Å². The first-order valence-corrected chi connectivity index (χ1v) is 20.3. The molecule has 6 aromatic carbocycles. The quantitative estimate of drug-likeness (QED) is 0.0813. The van der Waals surface area contributed by atoms with Crippen LogP contribution in [0, 0.1) is 0 Å². The molecular formula is C51H38F6N4O7. The van der Waals surface area contributed by atoms with E-state index in [9.17, 15) is 45.5 Å². The molecule has 0 bridgehead atoms. The number of aliphatic hydroxyl groups excluding tert-OH is 1. The second kappa shape index (κ2) is 21.2. The lowest BCUT2D eigenvalue weighted by Crippen LogP contribution is -2.13. The number of aromatic nitrogens is 2. The SMILES string of the molecule is CCOC(=O)c1cnc2cc(NC(=O)c3ccccc3-c3ccc(C(F)(F)F)cc3)ccc2c1.CO.O=C(O)c1cnc2cc(NC(=O)c3ccccc3-c3ccc(C(F)(F)F)cc3)ccc2c1. The average Bonchev–Trinajstić information content (AvgIpc) is 3.34. The number of nitrogens with one attached hydrogen (secondary N) is 2. The second-order valence-electron chi connectivity index (χ2n) is 14.4. The summed E-state index contributed by atoms with van der Waals surface area (Å²) in [6.07, 6.45) is -6.23. The number of benzene rings is 6. The molecule has 17 heteroatoms. The first-order valence-electron chi connectivity index (χ1n) is 20.3. The maximum atomic E-state index is 13.0. The molecule has 0 aliphatic carbocycles. The molecule has 0 aliphatic rings. The van der Waals surface area contributed by atoms with Gasteiger partial charge in [0.05, 0.1) is 39.9 Å². The second-order valence-corrected chi connectivity index (χ2v) is 14.4. The number of aromatic carboxylic acids is 1. The normalized spacial score (nSPS) is 11.1. The number of ether oxygens (including phenoxy) is 1. The molecule has 68 heavy (non-hydrogen) atoms. The third-order valence-corrected chi connectivity index (χ3v) is 10.0. The van der Waals surface area contributed by atoms with Crippen LogP contribution in [-0.4, -0.2) is 57.7 Å². The summed E-state index contributed by atoms with van der Waals surface area (Å²) in [5.74, 6) is -2.41.